The third-order valence-electron chi connectivity index (χ3n) is 4.45. The molecule has 0 unspecified atom stereocenters. The summed E-state index contributed by atoms with van der Waals surface area (Å²) in [5, 5.41) is 0. The molecule has 0 fully saturated rings. The molecule has 2 aromatic rings. The van der Waals surface area contributed by atoms with E-state index < -0.39 is 0 Å². The highest BCUT2D eigenvalue weighted by molar-refractivity contribution is 5.86. The van der Waals surface area contributed by atoms with Crippen LogP contribution in [-0.4, -0.2) is 7.11 Å². The van der Waals surface area contributed by atoms with Crippen LogP contribution in [0.3, 0.4) is 0 Å². The van der Waals surface area contributed by atoms with E-state index in [0.717, 1.165) is 24.2 Å². The van der Waals surface area contributed by atoms with Gasteiger partial charge in [0.1, 0.15) is 5.76 Å². The van der Waals surface area contributed by atoms with Crippen LogP contribution in [0.5, 0.6) is 0 Å². The molecule has 1 nitrogen and oxygen atoms in total. The Bertz CT molecular complexity index is 765. The summed E-state index contributed by atoms with van der Waals surface area (Å²) in [5.41, 5.74) is 9.22. The molecule has 0 radical (unpaired) electrons. The van der Waals surface area contributed by atoms with E-state index in [0.29, 0.717) is 0 Å². The van der Waals surface area contributed by atoms with Crippen molar-refractivity contribution in [3.05, 3.63) is 82.4 Å². The average Bonchev–Trinajstić information content (AvgIpc) is 2.53. The third kappa shape index (κ3) is 2.59. The maximum Gasteiger partial charge on any atom is 0.118 e. The first-order valence-electron chi connectivity index (χ1n) is 7.73. The molecule has 1 heteroatoms. The van der Waals surface area contributed by atoms with E-state index in [9.17, 15) is 0 Å². The number of rotatable bonds is 3. The molecule has 22 heavy (non-hydrogen) atoms. The van der Waals surface area contributed by atoms with Gasteiger partial charge in [-0.1, -0.05) is 54.1 Å². The first kappa shape index (κ1) is 14.6. The van der Waals surface area contributed by atoms with Gasteiger partial charge in [-0.2, -0.15) is 0 Å². The number of hydrogen-bond donors (Lipinski definition) is 0. The van der Waals surface area contributed by atoms with Gasteiger partial charge in [0, 0.05) is 5.56 Å². The normalized spacial score (nSPS) is 13.8. The molecule has 0 bridgehead atoms. The van der Waals surface area contributed by atoms with Gasteiger partial charge in [-0.25, -0.2) is 0 Å². The molecule has 0 saturated heterocycles. The Balaban J connectivity index is 2.17. The van der Waals surface area contributed by atoms with Gasteiger partial charge < -0.3 is 4.74 Å². The van der Waals surface area contributed by atoms with Crippen LogP contribution in [0.25, 0.3) is 11.3 Å². The molecule has 2 aromatic carbocycles. The Morgan fingerprint density at radius 2 is 1.86 bits per heavy atom. The predicted octanol–water partition coefficient (Wildman–Crippen LogP) is 5.38. The van der Waals surface area contributed by atoms with E-state index in [1.807, 2.05) is 0 Å². The average molecular weight is 290 g/mol. The van der Waals surface area contributed by atoms with Crippen LogP contribution in [0.4, 0.5) is 0 Å². The summed E-state index contributed by atoms with van der Waals surface area (Å²) in [6.45, 7) is 8.38. The van der Waals surface area contributed by atoms with E-state index in [-0.39, 0.29) is 0 Å². The maximum atomic E-state index is 5.30. The Morgan fingerprint density at radius 1 is 1.05 bits per heavy atom. The van der Waals surface area contributed by atoms with Crippen LogP contribution in [0.1, 0.15) is 41.2 Å². The maximum absolute atomic E-state index is 5.30. The number of methoxy groups -OCH3 is 1. The van der Waals surface area contributed by atoms with Gasteiger partial charge >= 0.3 is 0 Å². The van der Waals surface area contributed by atoms with E-state index in [4.69, 9.17) is 4.74 Å². The van der Waals surface area contributed by atoms with Crippen molar-refractivity contribution in [1.29, 1.82) is 0 Å². The largest absolute Gasteiger partial charge is 0.497 e. The molecular formula is C21H22O. The molecule has 0 amide bonds. The van der Waals surface area contributed by atoms with E-state index >= 15 is 0 Å². The second-order valence-corrected chi connectivity index (χ2v) is 6.02. The minimum Gasteiger partial charge on any atom is -0.497 e. The Kier molecular flexibility index (Phi) is 3.89. The lowest BCUT2D eigenvalue weighted by Gasteiger charge is -2.23. The molecule has 1 aliphatic carbocycles. The van der Waals surface area contributed by atoms with Gasteiger partial charge in [0.15, 0.2) is 0 Å². The van der Waals surface area contributed by atoms with E-state index in [1.165, 1.54) is 33.4 Å². The molecule has 0 saturated carbocycles. The predicted molar refractivity (Wildman–Crippen MR) is 93.7 cm³/mol. The zero-order valence-electron chi connectivity index (χ0n) is 13.6. The number of allylic oxidation sites excluding steroid dienone is 1. The monoisotopic (exact) mass is 290 g/mol. The fraction of sp³-hybridized carbons (Fsp3) is 0.238. The molecule has 0 atom stereocenters. The second-order valence-electron chi connectivity index (χ2n) is 6.02. The summed E-state index contributed by atoms with van der Waals surface area (Å²) in [6.07, 6.45) is 2.23. The summed E-state index contributed by atoms with van der Waals surface area (Å²) in [7, 11) is 1.67. The zero-order chi connectivity index (χ0) is 15.7. The highest BCUT2D eigenvalue weighted by Crippen LogP contribution is 2.37. The van der Waals surface area contributed by atoms with E-state index in [2.05, 4.69) is 62.9 Å². The summed E-state index contributed by atoms with van der Waals surface area (Å²) >= 11 is 0. The second kappa shape index (κ2) is 5.84. The number of hydrogen-bond acceptors (Lipinski definition) is 1. The lowest BCUT2D eigenvalue weighted by Crippen LogP contribution is -2.06. The number of fused-ring (bicyclic) bond motifs is 1. The van der Waals surface area contributed by atoms with Crippen molar-refractivity contribution in [3.63, 3.8) is 0 Å². The topological polar surface area (TPSA) is 9.23 Å². The van der Waals surface area contributed by atoms with Crippen molar-refractivity contribution in [2.24, 2.45) is 0 Å². The van der Waals surface area contributed by atoms with Crippen molar-refractivity contribution in [3.8, 4) is 0 Å². The van der Waals surface area contributed by atoms with Gasteiger partial charge in [-0.15, -0.1) is 0 Å². The molecule has 0 heterocycles. The van der Waals surface area contributed by atoms with Crippen LogP contribution >= 0.6 is 0 Å². The molecule has 112 valence electrons. The lowest BCUT2D eigenvalue weighted by atomic mass is 9.81. The molecule has 0 aliphatic heterocycles. The van der Waals surface area contributed by atoms with Gasteiger partial charge in [0.2, 0.25) is 0 Å². The van der Waals surface area contributed by atoms with Crippen LogP contribution < -0.4 is 0 Å². The third-order valence-corrected chi connectivity index (χ3v) is 4.45. The minimum atomic E-state index is 0.717. The molecule has 0 spiro atoms. The van der Waals surface area contributed by atoms with Crippen molar-refractivity contribution in [2.75, 3.05) is 7.11 Å². The lowest BCUT2D eigenvalue weighted by molar-refractivity contribution is 0.371. The summed E-state index contributed by atoms with van der Waals surface area (Å²) in [6, 6.07) is 15.3. The fourth-order valence-electron chi connectivity index (χ4n) is 3.20. The van der Waals surface area contributed by atoms with Gasteiger partial charge in [-0.05, 0) is 55.0 Å². The fourth-order valence-corrected chi connectivity index (χ4v) is 3.20. The van der Waals surface area contributed by atoms with Crippen LogP contribution in [0.15, 0.2) is 54.6 Å². The molecule has 0 N–H and O–H groups in total. The summed E-state index contributed by atoms with van der Waals surface area (Å²) < 4.78 is 5.30. The number of ether oxygens (including phenoxy) is 1. The van der Waals surface area contributed by atoms with Crippen molar-refractivity contribution in [1.82, 2.24) is 0 Å². The Morgan fingerprint density at radius 3 is 2.59 bits per heavy atom. The standard InChI is InChI=1S/C21H22O/c1-14-6-5-7-19(12-14)21-15(2)8-9-17-10-11-18(13-20(17)21)16(3)22-4/h5-7,10-13H,3,8-9H2,1-2,4H3. The number of aryl methyl sites for hydroxylation is 2. The molecule has 1 aliphatic rings. The smallest absolute Gasteiger partial charge is 0.118 e. The van der Waals surface area contributed by atoms with Crippen LogP contribution in [-0.2, 0) is 11.2 Å². The highest BCUT2D eigenvalue weighted by Gasteiger charge is 2.19. The van der Waals surface area contributed by atoms with Gasteiger partial charge in [0.25, 0.3) is 0 Å². The first-order chi connectivity index (χ1) is 10.6. The SMILES string of the molecule is C=C(OC)c1ccc2c(c1)C(c1cccc(C)c1)=C(C)CC2. The molecule has 0 aromatic heterocycles. The van der Waals surface area contributed by atoms with Crippen LogP contribution in [0.2, 0.25) is 0 Å². The van der Waals surface area contributed by atoms with Gasteiger partial charge in [0.05, 0.1) is 7.11 Å². The summed E-state index contributed by atoms with van der Waals surface area (Å²) in [4.78, 5) is 0. The summed E-state index contributed by atoms with van der Waals surface area (Å²) in [5.74, 6) is 0.717. The van der Waals surface area contributed by atoms with E-state index in [1.54, 1.807) is 7.11 Å². The molecule has 3 rings (SSSR count). The van der Waals surface area contributed by atoms with Crippen molar-refractivity contribution in [2.45, 2.75) is 26.7 Å². The number of benzene rings is 2. The highest BCUT2D eigenvalue weighted by atomic mass is 16.5. The van der Waals surface area contributed by atoms with Crippen molar-refractivity contribution < 1.29 is 4.74 Å². The quantitative estimate of drug-likeness (QED) is 0.690. The van der Waals surface area contributed by atoms with Gasteiger partial charge in [-0.3, -0.25) is 0 Å². The Hall–Kier alpha value is -2.28. The van der Waals surface area contributed by atoms with Crippen molar-refractivity contribution >= 4 is 11.3 Å². The minimum absolute atomic E-state index is 0.717. The first-order valence-corrected chi connectivity index (χ1v) is 7.73. The zero-order valence-corrected chi connectivity index (χ0v) is 13.6. The molecular weight excluding hydrogens is 268 g/mol. The van der Waals surface area contributed by atoms with Crippen LogP contribution in [0, 0.1) is 6.92 Å². The Labute approximate surface area is 133 Å².